The number of imidazole rings is 1. The van der Waals surface area contributed by atoms with Gasteiger partial charge < -0.3 is 9.30 Å². The molecule has 1 saturated heterocycles. The summed E-state index contributed by atoms with van der Waals surface area (Å²) in [6, 6.07) is 4.91. The fourth-order valence-corrected chi connectivity index (χ4v) is 5.24. The van der Waals surface area contributed by atoms with E-state index in [0.717, 1.165) is 11.9 Å². The van der Waals surface area contributed by atoms with Crippen LogP contribution in [0.3, 0.4) is 0 Å². The molecule has 0 bridgehead atoms. The summed E-state index contributed by atoms with van der Waals surface area (Å²) in [5.41, 5.74) is 0.802. The molecule has 1 aliphatic heterocycles. The third-order valence-corrected chi connectivity index (χ3v) is 7.73. The maximum absolute atomic E-state index is 13.0. The van der Waals surface area contributed by atoms with Crippen molar-refractivity contribution in [1.29, 1.82) is 0 Å². The Hall–Kier alpha value is -1.98. The monoisotopic (exact) mass is 485 g/mol. The highest BCUT2D eigenvalue weighted by atomic mass is 35.5. The lowest BCUT2D eigenvalue weighted by Gasteiger charge is -2.26. The van der Waals surface area contributed by atoms with Crippen molar-refractivity contribution in [2.75, 3.05) is 26.3 Å². The number of morpholine rings is 1. The molecule has 2 aromatic heterocycles. The zero-order valence-corrected chi connectivity index (χ0v) is 19.1. The van der Waals surface area contributed by atoms with Crippen LogP contribution in [0, 0.1) is 0 Å². The standard InChI is InChI=1S/C19H21Cl2N5O4S/c1-2-5-25-16-4-3-13(31(28,29)24-6-8-30-9-7-24)10-15(16)23-17(25)12-26-19(27)18(21)14(20)11-22-26/h3-4,10-11H,2,5-9,12H2,1H3. The first-order chi connectivity index (χ1) is 14.8. The molecule has 9 nitrogen and oxygen atoms in total. The summed E-state index contributed by atoms with van der Waals surface area (Å²) in [6.45, 7) is 4.15. The SMILES string of the molecule is CCCn1c(Cn2ncc(Cl)c(Cl)c2=O)nc2cc(S(=O)(=O)N3CCOCC3)ccc21. The van der Waals surface area contributed by atoms with Crippen molar-refractivity contribution in [2.24, 2.45) is 0 Å². The Morgan fingerprint density at radius 3 is 2.65 bits per heavy atom. The molecule has 3 heterocycles. The Kier molecular flexibility index (Phi) is 6.36. The largest absolute Gasteiger partial charge is 0.379 e. The van der Waals surface area contributed by atoms with E-state index in [2.05, 4.69) is 10.1 Å². The van der Waals surface area contributed by atoms with Gasteiger partial charge in [0, 0.05) is 19.6 Å². The number of aryl methyl sites for hydroxylation is 1. The van der Waals surface area contributed by atoms with Crippen molar-refractivity contribution in [1.82, 2.24) is 23.6 Å². The fourth-order valence-electron chi connectivity index (χ4n) is 3.54. The topological polar surface area (TPSA) is 99.3 Å². The number of aromatic nitrogens is 4. The number of hydrogen-bond acceptors (Lipinski definition) is 6. The minimum Gasteiger partial charge on any atom is -0.379 e. The zero-order valence-electron chi connectivity index (χ0n) is 16.8. The van der Waals surface area contributed by atoms with Crippen LogP contribution in [0.5, 0.6) is 0 Å². The van der Waals surface area contributed by atoms with E-state index in [-0.39, 0.29) is 21.5 Å². The van der Waals surface area contributed by atoms with Crippen LogP contribution in [0.4, 0.5) is 0 Å². The molecule has 1 aromatic carbocycles. The van der Waals surface area contributed by atoms with E-state index < -0.39 is 15.6 Å². The molecule has 0 radical (unpaired) electrons. The molecule has 1 aliphatic rings. The molecule has 12 heteroatoms. The van der Waals surface area contributed by atoms with Crippen LogP contribution < -0.4 is 5.56 Å². The predicted octanol–water partition coefficient (Wildman–Crippen LogP) is 2.38. The van der Waals surface area contributed by atoms with Crippen molar-refractivity contribution in [2.45, 2.75) is 31.3 Å². The number of hydrogen-bond donors (Lipinski definition) is 0. The maximum atomic E-state index is 13.0. The third-order valence-electron chi connectivity index (χ3n) is 5.09. The van der Waals surface area contributed by atoms with Gasteiger partial charge >= 0.3 is 0 Å². The fraction of sp³-hybridized carbons (Fsp3) is 0.421. The number of benzene rings is 1. The lowest BCUT2D eigenvalue weighted by atomic mass is 10.3. The molecule has 166 valence electrons. The molecule has 0 aliphatic carbocycles. The van der Waals surface area contributed by atoms with E-state index in [0.29, 0.717) is 44.2 Å². The first-order valence-corrected chi connectivity index (χ1v) is 12.0. The Labute approximate surface area is 189 Å². The van der Waals surface area contributed by atoms with Gasteiger partial charge in [0.05, 0.1) is 40.4 Å². The third kappa shape index (κ3) is 4.22. The summed E-state index contributed by atoms with van der Waals surface area (Å²) in [6.07, 6.45) is 2.14. The van der Waals surface area contributed by atoms with Gasteiger partial charge in [0.25, 0.3) is 5.56 Å². The molecule has 0 unspecified atom stereocenters. The van der Waals surface area contributed by atoms with E-state index in [4.69, 9.17) is 27.9 Å². The minimum absolute atomic E-state index is 0.0793. The lowest BCUT2D eigenvalue weighted by Crippen LogP contribution is -2.40. The Morgan fingerprint density at radius 1 is 1.19 bits per heavy atom. The van der Waals surface area contributed by atoms with Crippen molar-refractivity contribution in [3.63, 3.8) is 0 Å². The molecular formula is C19H21Cl2N5O4S. The highest BCUT2D eigenvalue weighted by Gasteiger charge is 2.27. The first-order valence-electron chi connectivity index (χ1n) is 9.81. The molecule has 1 fully saturated rings. The van der Waals surface area contributed by atoms with Gasteiger partial charge in [-0.2, -0.15) is 9.40 Å². The molecule has 3 aromatic rings. The summed E-state index contributed by atoms with van der Waals surface area (Å²) in [4.78, 5) is 17.2. The Bertz CT molecular complexity index is 1280. The second-order valence-electron chi connectivity index (χ2n) is 7.12. The second-order valence-corrected chi connectivity index (χ2v) is 9.84. The van der Waals surface area contributed by atoms with E-state index in [1.807, 2.05) is 11.5 Å². The first kappa shape index (κ1) is 22.2. The van der Waals surface area contributed by atoms with Gasteiger partial charge in [-0.3, -0.25) is 4.79 Å². The van der Waals surface area contributed by atoms with Crippen LogP contribution >= 0.6 is 23.2 Å². The van der Waals surface area contributed by atoms with Crippen molar-refractivity contribution in [3.05, 3.63) is 50.6 Å². The number of sulfonamides is 1. The van der Waals surface area contributed by atoms with E-state index >= 15 is 0 Å². The van der Waals surface area contributed by atoms with Crippen LogP contribution in [0.1, 0.15) is 19.2 Å². The van der Waals surface area contributed by atoms with Crippen LogP contribution in [0.25, 0.3) is 11.0 Å². The average Bonchev–Trinajstić information content (AvgIpc) is 3.11. The zero-order chi connectivity index (χ0) is 22.2. The molecule has 0 N–H and O–H groups in total. The van der Waals surface area contributed by atoms with Crippen molar-refractivity contribution in [3.8, 4) is 0 Å². The molecule has 31 heavy (non-hydrogen) atoms. The van der Waals surface area contributed by atoms with Crippen LogP contribution in [0.2, 0.25) is 10.0 Å². The molecule has 0 spiro atoms. The van der Waals surface area contributed by atoms with Gasteiger partial charge in [-0.1, -0.05) is 30.1 Å². The summed E-state index contributed by atoms with van der Waals surface area (Å²) in [5, 5.41) is 4.03. The lowest BCUT2D eigenvalue weighted by molar-refractivity contribution is 0.0730. The predicted molar refractivity (Wildman–Crippen MR) is 117 cm³/mol. The average molecular weight is 486 g/mol. The van der Waals surface area contributed by atoms with Crippen LogP contribution in [0.15, 0.2) is 34.1 Å². The molecular weight excluding hydrogens is 465 g/mol. The molecule has 0 atom stereocenters. The second kappa shape index (κ2) is 8.87. The Balaban J connectivity index is 1.76. The summed E-state index contributed by atoms with van der Waals surface area (Å²) in [5.74, 6) is 0.575. The van der Waals surface area contributed by atoms with Gasteiger partial charge in [0.2, 0.25) is 10.0 Å². The van der Waals surface area contributed by atoms with Crippen molar-refractivity contribution >= 4 is 44.3 Å². The molecule has 0 saturated carbocycles. The van der Waals surface area contributed by atoms with E-state index in [1.54, 1.807) is 18.2 Å². The quantitative estimate of drug-likeness (QED) is 0.531. The van der Waals surface area contributed by atoms with E-state index in [1.165, 1.54) is 15.2 Å². The number of ether oxygens (including phenoxy) is 1. The highest BCUT2D eigenvalue weighted by molar-refractivity contribution is 7.89. The molecule has 0 amide bonds. The van der Waals surface area contributed by atoms with Crippen LogP contribution in [-0.2, 0) is 27.8 Å². The van der Waals surface area contributed by atoms with Gasteiger partial charge in [0.15, 0.2) is 0 Å². The van der Waals surface area contributed by atoms with E-state index in [9.17, 15) is 13.2 Å². The Morgan fingerprint density at radius 2 is 1.94 bits per heavy atom. The summed E-state index contributed by atoms with van der Waals surface area (Å²) < 4.78 is 35.8. The van der Waals surface area contributed by atoms with Crippen molar-refractivity contribution < 1.29 is 13.2 Å². The summed E-state index contributed by atoms with van der Waals surface area (Å²) in [7, 11) is -3.64. The summed E-state index contributed by atoms with van der Waals surface area (Å²) >= 11 is 11.8. The minimum atomic E-state index is -3.64. The number of halogens is 2. The highest BCUT2D eigenvalue weighted by Crippen LogP contribution is 2.24. The van der Waals surface area contributed by atoms with Gasteiger partial charge in [-0.25, -0.2) is 18.1 Å². The van der Waals surface area contributed by atoms with Crippen LogP contribution in [-0.4, -0.2) is 58.4 Å². The maximum Gasteiger partial charge on any atom is 0.287 e. The molecule has 4 rings (SSSR count). The van der Waals surface area contributed by atoms with Gasteiger partial charge in [-0.05, 0) is 24.6 Å². The number of rotatable bonds is 6. The van der Waals surface area contributed by atoms with Gasteiger partial charge in [-0.15, -0.1) is 0 Å². The number of nitrogens with zero attached hydrogens (tertiary/aromatic N) is 5. The number of fused-ring (bicyclic) bond motifs is 1. The van der Waals surface area contributed by atoms with Gasteiger partial charge in [0.1, 0.15) is 17.4 Å². The smallest absolute Gasteiger partial charge is 0.287 e. The normalized spacial score (nSPS) is 15.6.